The normalized spacial score (nSPS) is 11.2. The quantitative estimate of drug-likeness (QED) is 0.577. The number of benzene rings is 1. The van der Waals surface area contributed by atoms with Crippen molar-refractivity contribution < 1.29 is 9.47 Å². The zero-order chi connectivity index (χ0) is 15.0. The second kappa shape index (κ2) is 7.95. The third-order valence-electron chi connectivity index (χ3n) is 2.89. The van der Waals surface area contributed by atoms with Crippen molar-refractivity contribution in [3.63, 3.8) is 0 Å². The Bertz CT molecular complexity index is 421. The van der Waals surface area contributed by atoms with Crippen molar-refractivity contribution in [1.82, 2.24) is 5.32 Å². The maximum Gasteiger partial charge on any atom is 0.127 e. The zero-order valence-electron chi connectivity index (χ0n) is 13.2. The van der Waals surface area contributed by atoms with Crippen molar-refractivity contribution in [2.24, 2.45) is 0 Å². The Morgan fingerprint density at radius 1 is 1.30 bits per heavy atom. The van der Waals surface area contributed by atoms with Gasteiger partial charge >= 0.3 is 0 Å². The van der Waals surface area contributed by atoms with Crippen LogP contribution >= 0.6 is 0 Å². The SMILES string of the molecule is C=CCCCOc1cc(OC)ccc1CNC(C)(C)C. The molecule has 0 bridgehead atoms. The Hall–Kier alpha value is -1.48. The highest BCUT2D eigenvalue weighted by atomic mass is 16.5. The molecule has 3 nitrogen and oxygen atoms in total. The maximum absolute atomic E-state index is 5.88. The summed E-state index contributed by atoms with van der Waals surface area (Å²) in [6.07, 6.45) is 3.86. The van der Waals surface area contributed by atoms with Crippen molar-refractivity contribution in [2.45, 2.75) is 45.7 Å². The summed E-state index contributed by atoms with van der Waals surface area (Å²) in [6.45, 7) is 11.7. The molecule has 1 aromatic carbocycles. The van der Waals surface area contributed by atoms with Gasteiger partial charge in [0.25, 0.3) is 0 Å². The van der Waals surface area contributed by atoms with Crippen LogP contribution in [0.25, 0.3) is 0 Å². The lowest BCUT2D eigenvalue weighted by molar-refractivity contribution is 0.303. The number of hydrogen-bond donors (Lipinski definition) is 1. The Labute approximate surface area is 123 Å². The Kier molecular flexibility index (Phi) is 6.59. The monoisotopic (exact) mass is 277 g/mol. The topological polar surface area (TPSA) is 30.5 Å². The molecule has 0 saturated heterocycles. The summed E-state index contributed by atoms with van der Waals surface area (Å²) in [5, 5.41) is 3.48. The third kappa shape index (κ3) is 6.11. The Balaban J connectivity index is 2.72. The van der Waals surface area contributed by atoms with Gasteiger partial charge in [0.15, 0.2) is 0 Å². The number of hydrogen-bond acceptors (Lipinski definition) is 3. The first-order chi connectivity index (χ1) is 9.46. The zero-order valence-corrected chi connectivity index (χ0v) is 13.2. The smallest absolute Gasteiger partial charge is 0.127 e. The lowest BCUT2D eigenvalue weighted by Gasteiger charge is -2.22. The summed E-state index contributed by atoms with van der Waals surface area (Å²) in [5.74, 6) is 1.72. The molecule has 0 saturated carbocycles. The van der Waals surface area contributed by atoms with Crippen LogP contribution in [0, 0.1) is 0 Å². The molecule has 0 amide bonds. The highest BCUT2D eigenvalue weighted by Gasteiger charge is 2.11. The molecule has 0 atom stereocenters. The maximum atomic E-state index is 5.88. The largest absolute Gasteiger partial charge is 0.497 e. The van der Waals surface area contributed by atoms with Gasteiger partial charge in [0.05, 0.1) is 13.7 Å². The van der Waals surface area contributed by atoms with E-state index in [9.17, 15) is 0 Å². The summed E-state index contributed by atoms with van der Waals surface area (Å²) in [6, 6.07) is 5.98. The van der Waals surface area contributed by atoms with Crippen molar-refractivity contribution in [3.05, 3.63) is 36.4 Å². The van der Waals surface area contributed by atoms with Gasteiger partial charge in [0.1, 0.15) is 11.5 Å². The summed E-state index contributed by atoms with van der Waals surface area (Å²) in [5.41, 5.74) is 1.24. The molecule has 1 aromatic rings. The molecule has 0 aliphatic heterocycles. The summed E-state index contributed by atoms with van der Waals surface area (Å²) in [4.78, 5) is 0. The average molecular weight is 277 g/mol. The molecule has 0 aliphatic rings. The van der Waals surface area contributed by atoms with Gasteiger partial charge in [-0.3, -0.25) is 0 Å². The lowest BCUT2D eigenvalue weighted by Crippen LogP contribution is -2.35. The van der Waals surface area contributed by atoms with Gasteiger partial charge in [0.2, 0.25) is 0 Å². The van der Waals surface area contributed by atoms with Gasteiger partial charge in [-0.2, -0.15) is 0 Å². The highest BCUT2D eigenvalue weighted by molar-refractivity contribution is 5.40. The van der Waals surface area contributed by atoms with Gasteiger partial charge in [0, 0.05) is 23.7 Å². The van der Waals surface area contributed by atoms with E-state index >= 15 is 0 Å². The second-order valence-electron chi connectivity index (χ2n) is 5.86. The predicted octanol–water partition coefficient (Wildman–Crippen LogP) is 3.93. The Morgan fingerprint density at radius 3 is 2.65 bits per heavy atom. The van der Waals surface area contributed by atoms with Crippen LogP contribution in [-0.4, -0.2) is 19.3 Å². The molecule has 20 heavy (non-hydrogen) atoms. The first kappa shape index (κ1) is 16.6. The van der Waals surface area contributed by atoms with E-state index in [4.69, 9.17) is 9.47 Å². The molecular formula is C17H27NO2. The second-order valence-corrected chi connectivity index (χ2v) is 5.86. The van der Waals surface area contributed by atoms with E-state index in [-0.39, 0.29) is 5.54 Å². The predicted molar refractivity (Wildman–Crippen MR) is 84.5 cm³/mol. The van der Waals surface area contributed by atoms with E-state index in [0.717, 1.165) is 36.4 Å². The lowest BCUT2D eigenvalue weighted by atomic mass is 10.1. The number of allylic oxidation sites excluding steroid dienone is 1. The van der Waals surface area contributed by atoms with E-state index in [2.05, 4.69) is 38.7 Å². The Morgan fingerprint density at radius 2 is 2.05 bits per heavy atom. The van der Waals surface area contributed by atoms with Crippen LogP contribution in [0.1, 0.15) is 39.2 Å². The highest BCUT2D eigenvalue weighted by Crippen LogP contribution is 2.25. The fourth-order valence-corrected chi connectivity index (χ4v) is 1.71. The third-order valence-corrected chi connectivity index (χ3v) is 2.89. The molecular weight excluding hydrogens is 250 g/mol. The van der Waals surface area contributed by atoms with E-state index in [1.165, 1.54) is 0 Å². The molecule has 0 fully saturated rings. The molecule has 0 spiro atoms. The molecule has 0 aromatic heterocycles. The van der Waals surface area contributed by atoms with Crippen molar-refractivity contribution in [2.75, 3.05) is 13.7 Å². The van der Waals surface area contributed by atoms with E-state index in [1.54, 1.807) is 7.11 Å². The van der Waals surface area contributed by atoms with Gasteiger partial charge in [-0.25, -0.2) is 0 Å². The standard InChI is InChI=1S/C17H27NO2/c1-6-7-8-11-20-16-12-15(19-5)10-9-14(16)13-18-17(2,3)4/h6,9-10,12,18H,1,7-8,11,13H2,2-5H3. The van der Waals surface area contributed by atoms with Crippen molar-refractivity contribution >= 4 is 0 Å². The molecule has 1 rings (SSSR count). The molecule has 0 aliphatic carbocycles. The van der Waals surface area contributed by atoms with Crippen LogP contribution in [0.3, 0.4) is 0 Å². The molecule has 0 unspecified atom stereocenters. The molecule has 112 valence electrons. The number of rotatable bonds is 8. The van der Waals surface area contributed by atoms with Crippen LogP contribution < -0.4 is 14.8 Å². The van der Waals surface area contributed by atoms with Crippen molar-refractivity contribution in [3.8, 4) is 11.5 Å². The number of methoxy groups -OCH3 is 1. The van der Waals surface area contributed by atoms with Gasteiger partial charge in [-0.1, -0.05) is 12.1 Å². The minimum absolute atomic E-state index is 0.0834. The van der Waals surface area contributed by atoms with Gasteiger partial charge in [-0.15, -0.1) is 6.58 Å². The summed E-state index contributed by atoms with van der Waals surface area (Å²) < 4.78 is 11.1. The van der Waals surface area contributed by atoms with E-state index in [1.807, 2.05) is 18.2 Å². The fourth-order valence-electron chi connectivity index (χ4n) is 1.71. The van der Waals surface area contributed by atoms with Crippen LogP contribution in [-0.2, 0) is 6.54 Å². The molecule has 0 heterocycles. The van der Waals surface area contributed by atoms with Crippen LogP contribution in [0.2, 0.25) is 0 Å². The number of unbranched alkanes of at least 4 members (excludes halogenated alkanes) is 1. The minimum Gasteiger partial charge on any atom is -0.497 e. The van der Waals surface area contributed by atoms with E-state index < -0.39 is 0 Å². The van der Waals surface area contributed by atoms with Crippen LogP contribution in [0.5, 0.6) is 11.5 Å². The van der Waals surface area contributed by atoms with Crippen molar-refractivity contribution in [1.29, 1.82) is 0 Å². The first-order valence-corrected chi connectivity index (χ1v) is 7.12. The van der Waals surface area contributed by atoms with Gasteiger partial charge < -0.3 is 14.8 Å². The minimum atomic E-state index is 0.0834. The van der Waals surface area contributed by atoms with Crippen LogP contribution in [0.4, 0.5) is 0 Å². The summed E-state index contributed by atoms with van der Waals surface area (Å²) in [7, 11) is 1.67. The average Bonchev–Trinajstić information content (AvgIpc) is 2.41. The molecule has 0 radical (unpaired) electrons. The number of nitrogens with one attached hydrogen (secondary N) is 1. The number of ether oxygens (including phenoxy) is 2. The summed E-state index contributed by atoms with van der Waals surface area (Å²) >= 11 is 0. The fraction of sp³-hybridized carbons (Fsp3) is 0.529. The van der Waals surface area contributed by atoms with E-state index in [0.29, 0.717) is 6.61 Å². The molecule has 3 heteroatoms. The molecule has 1 N–H and O–H groups in total. The first-order valence-electron chi connectivity index (χ1n) is 7.12. The van der Waals surface area contributed by atoms with Gasteiger partial charge in [-0.05, 0) is 39.7 Å². The van der Waals surface area contributed by atoms with Crippen LogP contribution in [0.15, 0.2) is 30.9 Å².